The Hall–Kier alpha value is -1.97. The number of carbonyl (C=O) groups is 2. The lowest BCUT2D eigenvalue weighted by Crippen LogP contribution is -2.62. The molecule has 4 aliphatic carbocycles. The fourth-order valence-corrected chi connectivity index (χ4v) is 12.0. The van der Waals surface area contributed by atoms with Gasteiger partial charge in [-0.05, 0) is 134 Å². The highest BCUT2D eigenvalue weighted by atomic mass is 32.2. The number of nitrogens with one attached hydrogen (secondary N) is 1. The van der Waals surface area contributed by atoms with Gasteiger partial charge in [-0.1, -0.05) is 34.1 Å². The monoisotopic (exact) mass is 642 g/mol. The molecular weight excluding hydrogens is 588 g/mol. The molecule has 12 atom stereocenters. The lowest BCUT2D eigenvalue weighted by atomic mass is 9.41. The van der Waals surface area contributed by atoms with Gasteiger partial charge >= 0.3 is 6.09 Å². The van der Waals surface area contributed by atoms with Crippen LogP contribution in [0, 0.1) is 52.3 Å². The van der Waals surface area contributed by atoms with Crippen LogP contribution in [0.3, 0.4) is 0 Å². The summed E-state index contributed by atoms with van der Waals surface area (Å²) in [6, 6.07) is 6.93. The molecular formula is C36H54N2O6S. The normalized spacial score (nSPS) is 40.9. The lowest BCUT2D eigenvalue weighted by molar-refractivity contribution is -0.203. The molecule has 1 saturated heterocycles. The molecule has 0 bridgehead atoms. The maximum Gasteiger partial charge on any atom is 0.419 e. The van der Waals surface area contributed by atoms with E-state index in [0.717, 1.165) is 69.9 Å². The Balaban J connectivity index is 1.06. The molecule has 1 aromatic rings. The van der Waals surface area contributed by atoms with E-state index < -0.39 is 17.1 Å². The van der Waals surface area contributed by atoms with Crippen LogP contribution in [0.2, 0.25) is 0 Å². The SMILES string of the molecule is CC[C@@H]1C2C[C@H](O)CC[C@@]2(C)[C@H]2CCC3(C)[C@@H]([C@H](C)COC(=O)NS(=O)c4ccc(N5CCCCC5=O)cc4)CC[C@H]3C2[C@@H]1O. The van der Waals surface area contributed by atoms with Crippen LogP contribution >= 0.6 is 0 Å². The van der Waals surface area contributed by atoms with Gasteiger partial charge in [0.1, 0.15) is 0 Å². The standard InChI is InChI=1S/C36H54N2O6S/c1-5-26-30-20-24(39)15-17-36(30,4)29-16-18-35(3)27(13-14-28(35)32(29)33(26)41)22(2)21-44-34(42)37-45(43)25-11-9-23(10-12-25)38-19-7-6-8-31(38)40/h9-12,22,24,26-30,32-33,39,41H,5-8,13-21H2,1-4H3,(H,37,42)/t22-,24-,26-,27-,28+,29+,30?,32?,33-,35?,36+,45?/m1/s1. The maximum absolute atomic E-state index is 12.9. The summed E-state index contributed by atoms with van der Waals surface area (Å²) in [6.45, 7) is 10.2. The van der Waals surface area contributed by atoms with Gasteiger partial charge in [-0.15, -0.1) is 0 Å². The van der Waals surface area contributed by atoms with E-state index in [1.165, 1.54) is 0 Å². The number of fused-ring (bicyclic) bond motifs is 5. The van der Waals surface area contributed by atoms with E-state index in [0.29, 0.717) is 41.5 Å². The summed E-state index contributed by atoms with van der Waals surface area (Å²) in [5.41, 5.74) is 1.04. The number of rotatable bonds is 7. The minimum Gasteiger partial charge on any atom is -0.449 e. The molecule has 9 heteroatoms. The summed E-state index contributed by atoms with van der Waals surface area (Å²) in [5, 5.41) is 22.5. The van der Waals surface area contributed by atoms with Crippen LogP contribution in [0.25, 0.3) is 0 Å². The number of benzene rings is 1. The van der Waals surface area contributed by atoms with E-state index in [9.17, 15) is 24.0 Å². The number of carbonyl (C=O) groups excluding carboxylic acids is 2. The Morgan fingerprint density at radius 1 is 1.04 bits per heavy atom. The largest absolute Gasteiger partial charge is 0.449 e. The van der Waals surface area contributed by atoms with E-state index in [4.69, 9.17) is 4.74 Å². The van der Waals surface area contributed by atoms with Crippen molar-refractivity contribution in [2.24, 2.45) is 52.3 Å². The Kier molecular flexibility index (Phi) is 9.45. The first-order chi connectivity index (χ1) is 21.5. The Morgan fingerprint density at radius 2 is 1.76 bits per heavy atom. The molecule has 250 valence electrons. The van der Waals surface area contributed by atoms with Crippen molar-refractivity contribution >= 4 is 28.7 Å². The summed E-state index contributed by atoms with van der Waals surface area (Å²) in [7, 11) is -1.76. The molecule has 1 heterocycles. The maximum atomic E-state index is 12.9. The highest BCUT2D eigenvalue weighted by Crippen LogP contribution is 2.69. The number of ether oxygens (including phenoxy) is 1. The van der Waals surface area contributed by atoms with E-state index in [-0.39, 0.29) is 53.3 Å². The van der Waals surface area contributed by atoms with Gasteiger partial charge < -0.3 is 19.8 Å². The average Bonchev–Trinajstić information content (AvgIpc) is 3.38. The second-order valence-corrected chi connectivity index (χ2v) is 16.8. The molecule has 0 spiro atoms. The average molecular weight is 643 g/mol. The molecule has 45 heavy (non-hydrogen) atoms. The van der Waals surface area contributed by atoms with Crippen LogP contribution < -0.4 is 9.62 Å². The molecule has 1 aromatic carbocycles. The van der Waals surface area contributed by atoms with Crippen molar-refractivity contribution in [1.29, 1.82) is 0 Å². The van der Waals surface area contributed by atoms with Gasteiger partial charge in [-0.3, -0.25) is 4.79 Å². The molecule has 3 N–H and O–H groups in total. The van der Waals surface area contributed by atoms with Gasteiger partial charge in [0.05, 0.1) is 23.7 Å². The van der Waals surface area contributed by atoms with Gasteiger partial charge in [0.2, 0.25) is 5.91 Å². The number of anilines is 1. The molecule has 0 radical (unpaired) electrons. The molecule has 8 nitrogen and oxygen atoms in total. The Labute approximate surface area is 271 Å². The van der Waals surface area contributed by atoms with Crippen LogP contribution in [0.1, 0.15) is 98.3 Å². The highest BCUT2D eigenvalue weighted by molar-refractivity contribution is 7.83. The summed E-state index contributed by atoms with van der Waals surface area (Å²) in [5.74, 6) is 2.49. The van der Waals surface area contributed by atoms with Crippen molar-refractivity contribution in [3.63, 3.8) is 0 Å². The second-order valence-electron chi connectivity index (χ2n) is 15.6. The number of aliphatic hydroxyl groups excluding tert-OH is 2. The van der Waals surface area contributed by atoms with Gasteiger partial charge in [-0.25, -0.2) is 13.7 Å². The topological polar surface area (TPSA) is 116 Å². The highest BCUT2D eigenvalue weighted by Gasteiger charge is 2.65. The van der Waals surface area contributed by atoms with Crippen LogP contribution in [-0.2, 0) is 20.5 Å². The van der Waals surface area contributed by atoms with Gasteiger partial charge in [0.25, 0.3) is 0 Å². The van der Waals surface area contributed by atoms with Crippen LogP contribution in [0.15, 0.2) is 29.2 Å². The number of aliphatic hydroxyl groups is 2. The first-order valence-corrected chi connectivity index (χ1v) is 18.7. The molecule has 4 unspecified atom stereocenters. The zero-order valence-electron chi connectivity index (χ0n) is 27.6. The Morgan fingerprint density at radius 3 is 2.47 bits per heavy atom. The molecule has 2 amide bonds. The van der Waals surface area contributed by atoms with Crippen LogP contribution in [0.4, 0.5) is 10.5 Å². The van der Waals surface area contributed by atoms with Crippen molar-refractivity contribution < 1.29 is 28.7 Å². The molecule has 0 aromatic heterocycles. The number of hydrogen-bond donors (Lipinski definition) is 3. The number of nitrogens with zero attached hydrogens (tertiary/aromatic N) is 1. The predicted octanol–water partition coefficient (Wildman–Crippen LogP) is 6.22. The predicted molar refractivity (Wildman–Crippen MR) is 174 cm³/mol. The van der Waals surface area contributed by atoms with Gasteiger partial charge in [0.15, 0.2) is 11.0 Å². The zero-order valence-corrected chi connectivity index (χ0v) is 28.4. The lowest BCUT2D eigenvalue weighted by Gasteiger charge is -2.64. The molecule has 4 saturated carbocycles. The first kappa shape index (κ1) is 33.0. The molecule has 6 rings (SSSR count). The van der Waals surface area contributed by atoms with Crippen molar-refractivity contribution in [2.45, 2.75) is 115 Å². The van der Waals surface area contributed by atoms with Gasteiger partial charge in [-0.2, -0.15) is 0 Å². The fourth-order valence-electron chi connectivity index (χ4n) is 11.2. The summed E-state index contributed by atoms with van der Waals surface area (Å²) in [4.78, 5) is 27.2. The van der Waals surface area contributed by atoms with Crippen LogP contribution in [0.5, 0.6) is 0 Å². The zero-order chi connectivity index (χ0) is 32.1. The summed E-state index contributed by atoms with van der Waals surface area (Å²) >= 11 is 0. The van der Waals surface area contributed by atoms with E-state index in [1.54, 1.807) is 29.2 Å². The Bertz CT molecular complexity index is 1270. The third kappa shape index (κ3) is 5.88. The summed E-state index contributed by atoms with van der Waals surface area (Å²) < 4.78 is 21.0. The number of amides is 2. The van der Waals surface area contributed by atoms with E-state index in [1.807, 2.05) is 0 Å². The fraction of sp³-hybridized carbons (Fsp3) is 0.778. The van der Waals surface area contributed by atoms with Gasteiger partial charge in [0, 0.05) is 18.7 Å². The van der Waals surface area contributed by atoms with Crippen molar-refractivity contribution in [2.75, 3.05) is 18.1 Å². The first-order valence-electron chi connectivity index (χ1n) is 17.6. The van der Waals surface area contributed by atoms with E-state index in [2.05, 4.69) is 32.4 Å². The second kappa shape index (κ2) is 12.9. The quantitative estimate of drug-likeness (QED) is 0.326. The minimum atomic E-state index is -1.76. The smallest absolute Gasteiger partial charge is 0.419 e. The molecule has 5 aliphatic rings. The van der Waals surface area contributed by atoms with Crippen LogP contribution in [-0.4, -0.2) is 51.8 Å². The molecule has 1 aliphatic heterocycles. The third-order valence-corrected chi connectivity index (χ3v) is 14.5. The van der Waals surface area contributed by atoms with Crippen molar-refractivity contribution in [3.8, 4) is 0 Å². The molecule has 5 fully saturated rings. The van der Waals surface area contributed by atoms with Crippen molar-refractivity contribution in [3.05, 3.63) is 24.3 Å². The summed E-state index contributed by atoms with van der Waals surface area (Å²) in [6.07, 6.45) is 9.29. The van der Waals surface area contributed by atoms with E-state index >= 15 is 0 Å². The van der Waals surface area contributed by atoms with Crippen molar-refractivity contribution in [1.82, 2.24) is 4.72 Å². The number of hydrogen-bond acceptors (Lipinski definition) is 6. The minimum absolute atomic E-state index is 0.0807. The third-order valence-electron chi connectivity index (χ3n) is 13.5. The number of piperidine rings is 1.